The van der Waals surface area contributed by atoms with Crippen LogP contribution in [0.3, 0.4) is 0 Å². The minimum atomic E-state index is -5.01. The quantitative estimate of drug-likeness (QED) is 0.0686. The van der Waals surface area contributed by atoms with Crippen molar-refractivity contribution in [1.82, 2.24) is 24.9 Å². The van der Waals surface area contributed by atoms with E-state index in [-0.39, 0.29) is 86.1 Å². The molecule has 0 radical (unpaired) electrons. The number of nitrogens with zero attached hydrogens (tertiary/aromatic N) is 4. The smallest absolute Gasteiger partial charge is 0.744 e. The van der Waals surface area contributed by atoms with Crippen LogP contribution in [0.25, 0.3) is 22.4 Å². The third-order valence-electron chi connectivity index (χ3n) is 5.81. The molecule has 230 valence electrons. The first-order valence-corrected chi connectivity index (χ1v) is 16.9. The first-order valence-electron chi connectivity index (χ1n) is 12.1. The number of benzene rings is 3. The average Bonchev–Trinajstić information content (AvgIpc) is 3.36. The minimum absolute atomic E-state index is 0. The maximum Gasteiger partial charge on any atom is 1.00 e. The molecule has 0 saturated carbocycles. The third kappa shape index (κ3) is 10.1. The van der Waals surface area contributed by atoms with Gasteiger partial charge in [-0.05, 0) is 78.3 Å². The van der Waals surface area contributed by atoms with Crippen molar-refractivity contribution in [3.63, 3.8) is 0 Å². The molecule has 0 bridgehead atoms. The van der Waals surface area contributed by atoms with Crippen LogP contribution in [0.2, 0.25) is 5.28 Å². The zero-order valence-electron chi connectivity index (χ0n) is 23.8. The number of aromatic amines is 1. The number of aromatic nitrogens is 5. The number of fused-ring (bicyclic) bond motifs is 1. The van der Waals surface area contributed by atoms with Gasteiger partial charge in [-0.2, -0.15) is 15.0 Å². The average molecular weight is 726 g/mol. The standard InChI is InChI=1S/C24H20ClN7O9S3.2Na/c25-22-30-23(32-24(31-22)27-16-5-7-17(8-6-16)42(33,34)12-11-41-44(38,39)40)26-15-3-1-14(2-4-15)21-28-19-10-9-18(43(35,36)37)13-20(19)29-21;;/h1-10,13H,11-12H2,(H,28,29)(H,35,36,37)(H,38,39,40)(H2,26,27,30,31,32);;/q;2*+1/p-2. The second kappa shape index (κ2) is 15.3. The van der Waals surface area contributed by atoms with Gasteiger partial charge < -0.3 is 24.7 Å². The zero-order chi connectivity index (χ0) is 31.7. The first kappa shape index (κ1) is 38.2. The second-order valence-electron chi connectivity index (χ2n) is 8.87. The fourth-order valence-electron chi connectivity index (χ4n) is 3.82. The summed E-state index contributed by atoms with van der Waals surface area (Å²) in [6.07, 6.45) is 0. The predicted octanol–water partition coefficient (Wildman–Crippen LogP) is -3.28. The molecular weight excluding hydrogens is 708 g/mol. The molecule has 46 heavy (non-hydrogen) atoms. The van der Waals surface area contributed by atoms with Crippen LogP contribution in [-0.4, -0.2) is 71.6 Å². The van der Waals surface area contributed by atoms with Crippen molar-refractivity contribution < 1.29 is 97.7 Å². The zero-order valence-corrected chi connectivity index (χ0v) is 31.0. The Hall–Kier alpha value is -2.24. The SMILES string of the molecule is O=S(=O)([O-])OCCS(=O)(=O)c1ccc(Nc2nc(Cl)nc(Nc3ccc(-c4nc5ccc(S(=O)(=O)[O-])cc5[nH]4)cc3)n2)cc1.[Na+].[Na+]. The Labute approximate surface area is 312 Å². The van der Waals surface area contributed by atoms with Crippen LogP contribution in [0.1, 0.15) is 0 Å². The van der Waals surface area contributed by atoms with E-state index in [0.717, 1.165) is 0 Å². The Morgan fingerprint density at radius 1 is 0.739 bits per heavy atom. The molecule has 0 spiro atoms. The Morgan fingerprint density at radius 3 is 1.83 bits per heavy atom. The summed E-state index contributed by atoms with van der Waals surface area (Å²) in [5, 5.41) is 5.71. The molecule has 0 atom stereocenters. The normalized spacial score (nSPS) is 11.8. The van der Waals surface area contributed by atoms with Gasteiger partial charge in [0.15, 0.2) is 9.84 Å². The van der Waals surface area contributed by atoms with Gasteiger partial charge in [-0.25, -0.2) is 30.2 Å². The van der Waals surface area contributed by atoms with Crippen molar-refractivity contribution in [3.05, 3.63) is 72.0 Å². The van der Waals surface area contributed by atoms with Gasteiger partial charge >= 0.3 is 59.1 Å². The molecule has 0 unspecified atom stereocenters. The van der Waals surface area contributed by atoms with Gasteiger partial charge in [0.25, 0.3) is 0 Å². The summed E-state index contributed by atoms with van der Waals surface area (Å²) in [4.78, 5) is 19.2. The van der Waals surface area contributed by atoms with Crippen LogP contribution < -0.4 is 69.7 Å². The van der Waals surface area contributed by atoms with Gasteiger partial charge in [0.05, 0.1) is 33.2 Å². The van der Waals surface area contributed by atoms with Crippen LogP contribution in [-0.2, 0) is 34.5 Å². The van der Waals surface area contributed by atoms with Crippen molar-refractivity contribution in [3.8, 4) is 11.4 Å². The molecule has 0 fully saturated rings. The number of H-pyrrole nitrogens is 1. The number of anilines is 4. The van der Waals surface area contributed by atoms with Crippen molar-refractivity contribution in [2.45, 2.75) is 9.79 Å². The van der Waals surface area contributed by atoms with Crippen LogP contribution in [0.15, 0.2) is 76.5 Å². The van der Waals surface area contributed by atoms with Gasteiger partial charge in [0.1, 0.15) is 15.9 Å². The molecule has 5 rings (SSSR count). The molecule has 3 aromatic carbocycles. The molecule has 0 aliphatic heterocycles. The van der Waals surface area contributed by atoms with Crippen LogP contribution >= 0.6 is 11.6 Å². The van der Waals surface area contributed by atoms with Gasteiger partial charge in [-0.15, -0.1) is 0 Å². The number of rotatable bonds is 11. The molecule has 2 aromatic heterocycles. The van der Waals surface area contributed by atoms with E-state index >= 15 is 0 Å². The van der Waals surface area contributed by atoms with Crippen LogP contribution in [0, 0.1) is 0 Å². The number of imidazole rings is 1. The van der Waals surface area contributed by atoms with Crippen LogP contribution in [0.4, 0.5) is 23.3 Å². The van der Waals surface area contributed by atoms with Gasteiger partial charge in [-0.3, -0.25) is 4.18 Å². The number of hydrogen-bond donors (Lipinski definition) is 3. The first-order chi connectivity index (χ1) is 20.6. The summed E-state index contributed by atoms with van der Waals surface area (Å²) in [7, 11) is -13.5. The van der Waals surface area contributed by atoms with Crippen molar-refractivity contribution in [2.24, 2.45) is 0 Å². The maximum absolute atomic E-state index is 12.3. The molecule has 16 nitrogen and oxygen atoms in total. The second-order valence-corrected chi connectivity index (χ2v) is 13.8. The largest absolute Gasteiger partial charge is 1.00 e. The van der Waals surface area contributed by atoms with E-state index in [2.05, 4.69) is 39.7 Å². The maximum atomic E-state index is 12.3. The molecular formula is C24H18ClN7Na2O9S3. The molecule has 5 aromatic rings. The molecule has 3 N–H and O–H groups in total. The van der Waals surface area contributed by atoms with E-state index in [9.17, 15) is 34.4 Å². The van der Waals surface area contributed by atoms with Crippen molar-refractivity contribution >= 4 is 76.3 Å². The van der Waals surface area contributed by atoms with Gasteiger partial charge in [0.2, 0.25) is 27.6 Å². The number of halogens is 1. The van der Waals surface area contributed by atoms with E-state index < -0.39 is 42.7 Å². The van der Waals surface area contributed by atoms with Crippen LogP contribution in [0.5, 0.6) is 0 Å². The molecule has 0 amide bonds. The summed E-state index contributed by atoms with van der Waals surface area (Å²) in [5.74, 6) is -0.142. The van der Waals surface area contributed by atoms with E-state index in [1.54, 1.807) is 24.3 Å². The van der Waals surface area contributed by atoms with Crippen molar-refractivity contribution in [2.75, 3.05) is 23.0 Å². The number of nitrogens with one attached hydrogen (secondary N) is 3. The molecule has 22 heteroatoms. The Bertz CT molecular complexity index is 2190. The predicted molar refractivity (Wildman–Crippen MR) is 155 cm³/mol. The van der Waals surface area contributed by atoms with E-state index in [4.69, 9.17) is 11.6 Å². The van der Waals surface area contributed by atoms with E-state index in [1.807, 2.05) is 0 Å². The van der Waals surface area contributed by atoms with Gasteiger partial charge in [-0.1, -0.05) is 0 Å². The summed E-state index contributed by atoms with van der Waals surface area (Å²) < 4.78 is 94.1. The fourth-order valence-corrected chi connectivity index (χ4v) is 5.96. The monoisotopic (exact) mass is 725 g/mol. The summed E-state index contributed by atoms with van der Waals surface area (Å²) in [6.45, 7) is -0.811. The summed E-state index contributed by atoms with van der Waals surface area (Å²) in [5.41, 5.74) is 2.50. The summed E-state index contributed by atoms with van der Waals surface area (Å²) >= 11 is 6.06. The topological polar surface area (TPSA) is 249 Å². The minimum Gasteiger partial charge on any atom is -0.744 e. The molecule has 0 aliphatic rings. The van der Waals surface area contributed by atoms with Gasteiger partial charge in [0, 0.05) is 16.9 Å². The van der Waals surface area contributed by atoms with Crippen molar-refractivity contribution in [1.29, 1.82) is 0 Å². The van der Waals surface area contributed by atoms with E-state index in [0.29, 0.717) is 33.8 Å². The number of sulfone groups is 1. The molecule has 0 aliphatic carbocycles. The Balaban J connectivity index is 0.00000288. The fraction of sp³-hybridized carbons (Fsp3) is 0.0833. The molecule has 0 saturated heterocycles. The van der Waals surface area contributed by atoms with E-state index in [1.165, 1.54) is 42.5 Å². The Morgan fingerprint density at radius 2 is 1.28 bits per heavy atom. The third-order valence-corrected chi connectivity index (χ3v) is 8.96. The summed E-state index contributed by atoms with van der Waals surface area (Å²) in [6, 6.07) is 16.1. The Kier molecular flexibility index (Phi) is 12.7. The number of hydrogen-bond acceptors (Lipinski definition) is 15. The molecule has 2 heterocycles.